The van der Waals surface area contributed by atoms with E-state index in [1.54, 1.807) is 20.2 Å². The summed E-state index contributed by atoms with van der Waals surface area (Å²) < 4.78 is 10.2. The van der Waals surface area contributed by atoms with E-state index in [1.165, 1.54) is 24.0 Å². The Morgan fingerprint density at radius 1 is 1.25 bits per heavy atom. The molecule has 0 aliphatic heterocycles. The van der Waals surface area contributed by atoms with E-state index >= 15 is 0 Å². The van der Waals surface area contributed by atoms with Crippen LogP contribution >= 0.6 is 23.2 Å². The molecule has 9 heteroatoms. The second-order valence-corrected chi connectivity index (χ2v) is 5.85. The molecule has 1 aromatic rings. The first kappa shape index (κ1) is 20.1. The molecule has 0 unspecified atom stereocenters. The smallest absolute Gasteiger partial charge is 0.347 e. The van der Waals surface area contributed by atoms with Crippen molar-refractivity contribution in [2.45, 2.75) is 13.0 Å². The number of carbonyl (C=O) groups excluding carboxylic acids is 3. The maximum Gasteiger partial charge on any atom is 0.347 e. The Balaban J connectivity index is 2.41. The van der Waals surface area contributed by atoms with Crippen molar-refractivity contribution in [2.75, 3.05) is 27.2 Å². The van der Waals surface area contributed by atoms with Crippen LogP contribution in [0.4, 0.5) is 0 Å². The van der Waals surface area contributed by atoms with E-state index in [0.717, 1.165) is 0 Å². The first-order valence-electron chi connectivity index (χ1n) is 6.96. The topological polar surface area (TPSA) is 84.9 Å². The lowest BCUT2D eigenvalue weighted by Crippen LogP contribution is -2.39. The molecule has 1 atom stereocenters. The predicted octanol–water partition coefficient (Wildman–Crippen LogP) is 1.51. The number of esters is 1. The molecule has 0 saturated heterocycles. The van der Waals surface area contributed by atoms with Gasteiger partial charge in [0, 0.05) is 19.1 Å². The minimum atomic E-state index is -0.972. The average molecular weight is 377 g/mol. The van der Waals surface area contributed by atoms with Gasteiger partial charge in [0.1, 0.15) is 5.75 Å². The highest BCUT2D eigenvalue weighted by atomic mass is 35.5. The van der Waals surface area contributed by atoms with E-state index in [9.17, 15) is 14.4 Å². The van der Waals surface area contributed by atoms with Crippen molar-refractivity contribution in [1.29, 1.82) is 0 Å². The number of hydrogen-bond donors (Lipinski definition) is 1. The third-order valence-electron chi connectivity index (χ3n) is 2.81. The number of hydrogen-bond acceptors (Lipinski definition) is 5. The number of benzene rings is 1. The minimum absolute atomic E-state index is 0.171. The van der Waals surface area contributed by atoms with Crippen LogP contribution in [0.15, 0.2) is 18.2 Å². The van der Waals surface area contributed by atoms with Gasteiger partial charge >= 0.3 is 5.97 Å². The first-order chi connectivity index (χ1) is 11.2. The summed E-state index contributed by atoms with van der Waals surface area (Å²) in [5, 5.41) is 3.03. The average Bonchev–Trinajstić information content (AvgIpc) is 2.52. The third kappa shape index (κ3) is 6.64. The Hall–Kier alpha value is -1.99. The number of halogens is 2. The number of ether oxygens (including phenoxy) is 2. The van der Waals surface area contributed by atoms with Crippen LogP contribution in [0, 0.1) is 0 Å². The number of likely N-dealkylation sites (N-methyl/N-ethyl adjacent to an activating group) is 1. The molecule has 0 aromatic heterocycles. The van der Waals surface area contributed by atoms with Gasteiger partial charge in [-0.25, -0.2) is 4.79 Å². The molecule has 1 rings (SSSR count). The molecule has 0 bridgehead atoms. The Labute approximate surface area is 149 Å². The molecule has 0 aliphatic rings. The van der Waals surface area contributed by atoms with E-state index in [-0.39, 0.29) is 23.2 Å². The molecule has 1 N–H and O–H groups in total. The molecule has 24 heavy (non-hydrogen) atoms. The van der Waals surface area contributed by atoms with Gasteiger partial charge in [-0.15, -0.1) is 0 Å². The normalized spacial score (nSPS) is 11.4. The van der Waals surface area contributed by atoms with Gasteiger partial charge in [-0.05, 0) is 25.1 Å². The van der Waals surface area contributed by atoms with Gasteiger partial charge in [-0.2, -0.15) is 0 Å². The fraction of sp³-hybridized carbons (Fsp3) is 0.400. The molecule has 7 nitrogen and oxygen atoms in total. The fourth-order valence-electron chi connectivity index (χ4n) is 1.45. The van der Waals surface area contributed by atoms with Crippen molar-refractivity contribution in [1.82, 2.24) is 10.2 Å². The molecule has 0 fully saturated rings. The second kappa shape index (κ2) is 9.34. The van der Waals surface area contributed by atoms with Crippen LogP contribution in [0.1, 0.15) is 6.92 Å². The maximum absolute atomic E-state index is 11.8. The molecule has 0 radical (unpaired) electrons. The lowest BCUT2D eigenvalue weighted by atomic mass is 10.3. The standard InChI is InChI=1S/C15H18Cl2N2O5/c1-9(24-12-5-4-10(16)6-11(12)17)15(22)23-8-13(20)18-7-14(21)19(2)3/h4-6,9H,7-8H2,1-3H3,(H,18,20)/t9-/m1/s1. The maximum atomic E-state index is 11.8. The zero-order chi connectivity index (χ0) is 18.3. The molecular formula is C15H18Cl2N2O5. The van der Waals surface area contributed by atoms with Gasteiger partial charge in [-0.3, -0.25) is 9.59 Å². The molecule has 0 heterocycles. The zero-order valence-corrected chi connectivity index (χ0v) is 15.0. The minimum Gasteiger partial charge on any atom is -0.477 e. The highest BCUT2D eigenvalue weighted by Crippen LogP contribution is 2.28. The fourth-order valence-corrected chi connectivity index (χ4v) is 1.90. The second-order valence-electron chi connectivity index (χ2n) is 5.01. The van der Waals surface area contributed by atoms with Crippen LogP contribution in [0.25, 0.3) is 0 Å². The SMILES string of the molecule is C[C@@H](Oc1ccc(Cl)cc1Cl)C(=O)OCC(=O)NCC(=O)N(C)C. The first-order valence-corrected chi connectivity index (χ1v) is 7.71. The molecule has 0 aliphatic carbocycles. The van der Waals surface area contributed by atoms with Gasteiger partial charge in [0.2, 0.25) is 5.91 Å². The molecule has 1 aromatic carbocycles. The Kier molecular flexibility index (Phi) is 7.81. The lowest BCUT2D eigenvalue weighted by Gasteiger charge is -2.15. The lowest BCUT2D eigenvalue weighted by molar-refractivity contribution is -0.154. The monoisotopic (exact) mass is 376 g/mol. The Bertz CT molecular complexity index is 622. The quantitative estimate of drug-likeness (QED) is 0.729. The largest absolute Gasteiger partial charge is 0.477 e. The van der Waals surface area contributed by atoms with Gasteiger partial charge < -0.3 is 19.7 Å². The van der Waals surface area contributed by atoms with Crippen molar-refractivity contribution in [3.8, 4) is 5.75 Å². The van der Waals surface area contributed by atoms with Crippen molar-refractivity contribution in [3.05, 3.63) is 28.2 Å². The number of rotatable bonds is 7. The molecule has 132 valence electrons. The van der Waals surface area contributed by atoms with Crippen LogP contribution in [0.5, 0.6) is 5.75 Å². The number of carbonyl (C=O) groups is 3. The van der Waals surface area contributed by atoms with E-state index in [4.69, 9.17) is 32.7 Å². The van der Waals surface area contributed by atoms with Crippen LogP contribution in [0.3, 0.4) is 0 Å². The van der Waals surface area contributed by atoms with Crippen LogP contribution < -0.4 is 10.1 Å². The summed E-state index contributed by atoms with van der Waals surface area (Å²) in [7, 11) is 3.13. The molecular weight excluding hydrogens is 359 g/mol. The highest BCUT2D eigenvalue weighted by molar-refractivity contribution is 6.35. The Morgan fingerprint density at radius 2 is 1.92 bits per heavy atom. The van der Waals surface area contributed by atoms with Crippen molar-refractivity contribution in [2.24, 2.45) is 0 Å². The number of amides is 2. The number of nitrogens with one attached hydrogen (secondary N) is 1. The highest BCUT2D eigenvalue weighted by Gasteiger charge is 2.19. The predicted molar refractivity (Wildman–Crippen MR) is 89.2 cm³/mol. The summed E-state index contributed by atoms with van der Waals surface area (Å²) in [4.78, 5) is 36.0. The van der Waals surface area contributed by atoms with Crippen molar-refractivity contribution < 1.29 is 23.9 Å². The summed E-state index contributed by atoms with van der Waals surface area (Å²) >= 11 is 11.7. The van der Waals surface area contributed by atoms with Crippen molar-refractivity contribution >= 4 is 41.0 Å². The Morgan fingerprint density at radius 3 is 2.50 bits per heavy atom. The number of nitrogens with zero attached hydrogens (tertiary/aromatic N) is 1. The third-order valence-corrected chi connectivity index (χ3v) is 3.34. The van der Waals surface area contributed by atoms with E-state index in [2.05, 4.69) is 5.32 Å². The van der Waals surface area contributed by atoms with Gasteiger partial charge in [-0.1, -0.05) is 23.2 Å². The molecule has 0 saturated carbocycles. The summed E-state index contributed by atoms with van der Waals surface area (Å²) in [6.45, 7) is 0.776. The van der Waals surface area contributed by atoms with Crippen LogP contribution in [-0.2, 0) is 19.1 Å². The summed E-state index contributed by atoms with van der Waals surface area (Å²) in [6.07, 6.45) is -0.972. The van der Waals surface area contributed by atoms with E-state index < -0.39 is 24.6 Å². The van der Waals surface area contributed by atoms with E-state index in [1.807, 2.05) is 0 Å². The molecule has 2 amide bonds. The van der Waals surface area contributed by atoms with Crippen molar-refractivity contribution in [3.63, 3.8) is 0 Å². The summed E-state index contributed by atoms with van der Waals surface area (Å²) in [6, 6.07) is 4.57. The van der Waals surface area contributed by atoms with Gasteiger partial charge in [0.15, 0.2) is 12.7 Å². The van der Waals surface area contributed by atoms with Gasteiger partial charge in [0.05, 0.1) is 11.6 Å². The molecule has 0 spiro atoms. The van der Waals surface area contributed by atoms with E-state index in [0.29, 0.717) is 5.02 Å². The summed E-state index contributed by atoms with van der Waals surface area (Å²) in [5.74, 6) is -1.33. The van der Waals surface area contributed by atoms with Crippen LogP contribution in [-0.4, -0.2) is 56.0 Å². The zero-order valence-electron chi connectivity index (χ0n) is 13.5. The van der Waals surface area contributed by atoms with Crippen LogP contribution in [0.2, 0.25) is 10.0 Å². The summed E-state index contributed by atoms with van der Waals surface area (Å²) in [5.41, 5.74) is 0. The van der Waals surface area contributed by atoms with Gasteiger partial charge in [0.25, 0.3) is 5.91 Å².